The summed E-state index contributed by atoms with van der Waals surface area (Å²) >= 11 is 5.86. The number of amides is 1. The van der Waals surface area contributed by atoms with Crippen molar-refractivity contribution in [1.82, 2.24) is 9.88 Å². The quantitative estimate of drug-likeness (QED) is 0.473. The average Bonchev–Trinajstić information content (AvgIpc) is 2.35. The molecule has 1 rings (SSSR count). The molecule has 1 aromatic heterocycles. The molecule has 0 saturated carbocycles. The van der Waals surface area contributed by atoms with Gasteiger partial charge in [0.1, 0.15) is 11.3 Å². The molecule has 0 aliphatic carbocycles. The predicted octanol–water partition coefficient (Wildman–Crippen LogP) is 2.90. The molecule has 0 aliphatic rings. The molecule has 0 unspecified atom stereocenters. The largest absolute Gasteiger partial charge is 0.336 e. The SMILES string of the molecule is CCCN(C(=O)c1cc([N+](=O)[O-])cnc1Cl)C(C)C. The van der Waals surface area contributed by atoms with Crippen LogP contribution in [0.2, 0.25) is 5.15 Å². The maximum absolute atomic E-state index is 12.4. The van der Waals surface area contributed by atoms with Gasteiger partial charge in [0.2, 0.25) is 0 Å². The van der Waals surface area contributed by atoms with E-state index in [0.29, 0.717) is 6.54 Å². The molecule has 6 nitrogen and oxygen atoms in total. The van der Waals surface area contributed by atoms with Crippen molar-refractivity contribution in [3.05, 3.63) is 33.1 Å². The Labute approximate surface area is 116 Å². The Morgan fingerprint density at radius 1 is 1.58 bits per heavy atom. The van der Waals surface area contributed by atoms with E-state index in [1.54, 1.807) is 4.90 Å². The second kappa shape index (κ2) is 6.47. The number of carbonyl (C=O) groups is 1. The van der Waals surface area contributed by atoms with Crippen LogP contribution in [0.5, 0.6) is 0 Å². The molecule has 7 heteroatoms. The van der Waals surface area contributed by atoms with Gasteiger partial charge in [-0.2, -0.15) is 0 Å². The number of nitrogens with zero attached hydrogens (tertiary/aromatic N) is 3. The zero-order valence-corrected chi connectivity index (χ0v) is 11.8. The number of hydrogen-bond acceptors (Lipinski definition) is 4. The minimum absolute atomic E-state index is 0.0113. The van der Waals surface area contributed by atoms with Crippen molar-refractivity contribution in [3.63, 3.8) is 0 Å². The Bertz CT molecular complexity index is 491. The van der Waals surface area contributed by atoms with Gasteiger partial charge in [0, 0.05) is 18.7 Å². The number of rotatable bonds is 5. The molecule has 1 amide bonds. The average molecular weight is 286 g/mol. The molecular weight excluding hydrogens is 270 g/mol. The maximum Gasteiger partial charge on any atom is 0.288 e. The first kappa shape index (κ1) is 15.4. The number of aromatic nitrogens is 1. The molecule has 0 radical (unpaired) electrons. The highest BCUT2D eigenvalue weighted by atomic mass is 35.5. The molecule has 0 atom stereocenters. The number of carbonyl (C=O) groups excluding carboxylic acids is 1. The Morgan fingerprint density at radius 3 is 2.68 bits per heavy atom. The summed E-state index contributed by atoms with van der Waals surface area (Å²) in [5.41, 5.74) is -0.175. The fraction of sp³-hybridized carbons (Fsp3) is 0.500. The van der Waals surface area contributed by atoms with E-state index in [1.807, 2.05) is 20.8 Å². The van der Waals surface area contributed by atoms with Crippen LogP contribution in [0.3, 0.4) is 0 Å². The Hall–Kier alpha value is -1.69. The predicted molar refractivity (Wildman–Crippen MR) is 72.4 cm³/mol. The zero-order chi connectivity index (χ0) is 14.6. The van der Waals surface area contributed by atoms with Gasteiger partial charge in [-0.1, -0.05) is 18.5 Å². The highest BCUT2D eigenvalue weighted by Gasteiger charge is 2.23. The van der Waals surface area contributed by atoms with Crippen LogP contribution in [-0.4, -0.2) is 33.3 Å². The number of nitro groups is 1. The molecular formula is C12H16ClN3O3. The zero-order valence-electron chi connectivity index (χ0n) is 11.1. The summed E-state index contributed by atoms with van der Waals surface area (Å²) in [7, 11) is 0. The van der Waals surface area contributed by atoms with Crippen LogP contribution < -0.4 is 0 Å². The van der Waals surface area contributed by atoms with E-state index in [0.717, 1.165) is 12.6 Å². The summed E-state index contributed by atoms with van der Waals surface area (Å²) in [6.45, 7) is 6.28. The third kappa shape index (κ3) is 3.64. The third-order valence-electron chi connectivity index (χ3n) is 2.61. The van der Waals surface area contributed by atoms with Crippen LogP contribution in [0.1, 0.15) is 37.6 Å². The number of halogens is 1. The fourth-order valence-electron chi connectivity index (χ4n) is 1.68. The summed E-state index contributed by atoms with van der Waals surface area (Å²) in [6, 6.07) is 1.16. The van der Waals surface area contributed by atoms with E-state index in [9.17, 15) is 14.9 Å². The van der Waals surface area contributed by atoms with E-state index in [4.69, 9.17) is 11.6 Å². The lowest BCUT2D eigenvalue weighted by molar-refractivity contribution is -0.385. The lowest BCUT2D eigenvalue weighted by Crippen LogP contribution is -2.37. The van der Waals surface area contributed by atoms with Crippen molar-refractivity contribution in [2.24, 2.45) is 0 Å². The van der Waals surface area contributed by atoms with Crippen LogP contribution >= 0.6 is 11.6 Å². The molecule has 0 N–H and O–H groups in total. The third-order valence-corrected chi connectivity index (χ3v) is 2.92. The standard InChI is InChI=1S/C12H16ClN3O3/c1-4-5-15(8(2)3)12(17)10-6-9(16(18)19)7-14-11(10)13/h6-8H,4-5H2,1-3H3. The van der Waals surface area contributed by atoms with Crippen LogP contribution in [0, 0.1) is 10.1 Å². The Kier molecular flexibility index (Phi) is 5.23. The van der Waals surface area contributed by atoms with Crippen LogP contribution in [-0.2, 0) is 0 Å². The lowest BCUT2D eigenvalue weighted by Gasteiger charge is -2.26. The molecule has 1 heterocycles. The molecule has 0 saturated heterocycles. The van der Waals surface area contributed by atoms with Crippen molar-refractivity contribution >= 4 is 23.2 Å². The number of hydrogen-bond donors (Lipinski definition) is 0. The highest BCUT2D eigenvalue weighted by molar-refractivity contribution is 6.32. The molecule has 104 valence electrons. The van der Waals surface area contributed by atoms with Gasteiger partial charge in [-0.15, -0.1) is 0 Å². The van der Waals surface area contributed by atoms with Crippen LogP contribution in [0.25, 0.3) is 0 Å². The Morgan fingerprint density at radius 2 is 2.21 bits per heavy atom. The van der Waals surface area contributed by atoms with E-state index in [2.05, 4.69) is 4.98 Å². The molecule has 19 heavy (non-hydrogen) atoms. The number of pyridine rings is 1. The van der Waals surface area contributed by atoms with Crippen molar-refractivity contribution in [3.8, 4) is 0 Å². The molecule has 0 fully saturated rings. The van der Waals surface area contributed by atoms with Gasteiger partial charge in [0.05, 0.1) is 10.5 Å². The van der Waals surface area contributed by atoms with Gasteiger partial charge in [-0.3, -0.25) is 14.9 Å². The first-order chi connectivity index (χ1) is 8.88. The summed E-state index contributed by atoms with van der Waals surface area (Å²) in [5.74, 6) is -0.335. The van der Waals surface area contributed by atoms with Crippen LogP contribution in [0.15, 0.2) is 12.3 Å². The molecule has 0 spiro atoms. The molecule has 0 bridgehead atoms. The van der Waals surface area contributed by atoms with Crippen molar-refractivity contribution in [2.75, 3.05) is 6.54 Å². The second-order valence-electron chi connectivity index (χ2n) is 4.38. The smallest absolute Gasteiger partial charge is 0.288 e. The summed E-state index contributed by atoms with van der Waals surface area (Å²) < 4.78 is 0. The molecule has 1 aromatic rings. The van der Waals surface area contributed by atoms with Crippen molar-refractivity contribution in [2.45, 2.75) is 33.2 Å². The minimum atomic E-state index is -0.598. The first-order valence-electron chi connectivity index (χ1n) is 5.99. The maximum atomic E-state index is 12.4. The summed E-state index contributed by atoms with van der Waals surface area (Å²) in [5, 5.41) is 10.7. The minimum Gasteiger partial charge on any atom is -0.336 e. The van der Waals surface area contributed by atoms with E-state index in [1.165, 1.54) is 6.07 Å². The summed E-state index contributed by atoms with van der Waals surface area (Å²) in [6.07, 6.45) is 1.84. The van der Waals surface area contributed by atoms with Crippen molar-refractivity contribution in [1.29, 1.82) is 0 Å². The topological polar surface area (TPSA) is 76.3 Å². The van der Waals surface area contributed by atoms with Gasteiger partial charge >= 0.3 is 0 Å². The normalized spacial score (nSPS) is 10.6. The van der Waals surface area contributed by atoms with Crippen LogP contribution in [0.4, 0.5) is 5.69 Å². The van der Waals surface area contributed by atoms with E-state index < -0.39 is 4.92 Å². The second-order valence-corrected chi connectivity index (χ2v) is 4.74. The van der Waals surface area contributed by atoms with Crippen molar-refractivity contribution < 1.29 is 9.72 Å². The Balaban J connectivity index is 3.16. The monoisotopic (exact) mass is 285 g/mol. The highest BCUT2D eigenvalue weighted by Crippen LogP contribution is 2.21. The van der Waals surface area contributed by atoms with Gasteiger partial charge in [-0.25, -0.2) is 4.98 Å². The first-order valence-corrected chi connectivity index (χ1v) is 6.37. The summed E-state index contributed by atoms with van der Waals surface area (Å²) in [4.78, 5) is 27.8. The van der Waals surface area contributed by atoms with Gasteiger partial charge in [0.15, 0.2) is 0 Å². The molecule has 0 aromatic carbocycles. The van der Waals surface area contributed by atoms with Gasteiger partial charge < -0.3 is 4.90 Å². The lowest BCUT2D eigenvalue weighted by atomic mass is 10.2. The van der Waals surface area contributed by atoms with Gasteiger partial charge in [-0.05, 0) is 20.3 Å². The van der Waals surface area contributed by atoms with Gasteiger partial charge in [0.25, 0.3) is 11.6 Å². The van der Waals surface area contributed by atoms with E-state index in [-0.39, 0.29) is 28.4 Å². The van der Waals surface area contributed by atoms with E-state index >= 15 is 0 Å². The fourth-order valence-corrected chi connectivity index (χ4v) is 1.86. The molecule has 0 aliphatic heterocycles.